The molecule has 0 saturated heterocycles. The second-order valence-electron chi connectivity index (χ2n) is 3.41. The molecule has 1 aromatic carbocycles. The van der Waals surface area contributed by atoms with Gasteiger partial charge in [0.05, 0.1) is 5.56 Å². The maximum Gasteiger partial charge on any atom is 0.416 e. The summed E-state index contributed by atoms with van der Waals surface area (Å²) in [6.07, 6.45) is -2.52. The molecule has 0 aromatic heterocycles. The van der Waals surface area contributed by atoms with Gasteiger partial charge < -0.3 is 0 Å². The van der Waals surface area contributed by atoms with E-state index in [9.17, 15) is 17.6 Å². The van der Waals surface area contributed by atoms with Crippen molar-refractivity contribution in [3.63, 3.8) is 0 Å². The molecule has 84 valence electrons. The topological polar surface area (TPSA) is 0 Å². The normalized spacial score (nSPS) is 11.8. The highest BCUT2D eigenvalue weighted by atomic mass is 19.4. The molecular formula is C11H12F4. The van der Waals surface area contributed by atoms with Gasteiger partial charge in [0, 0.05) is 0 Å². The van der Waals surface area contributed by atoms with Crippen LogP contribution in [0.15, 0.2) is 18.2 Å². The zero-order valence-corrected chi connectivity index (χ0v) is 8.37. The predicted octanol–water partition coefficient (Wildman–Crippen LogP) is 4.19. The van der Waals surface area contributed by atoms with Crippen LogP contribution in [0.25, 0.3) is 0 Å². The first kappa shape index (κ1) is 12.0. The molecule has 0 aliphatic heterocycles. The quantitative estimate of drug-likeness (QED) is 0.670. The van der Waals surface area contributed by atoms with Gasteiger partial charge in [-0.1, -0.05) is 13.3 Å². The van der Waals surface area contributed by atoms with E-state index in [4.69, 9.17) is 0 Å². The third-order valence-corrected chi connectivity index (χ3v) is 2.17. The van der Waals surface area contributed by atoms with Crippen molar-refractivity contribution in [2.75, 3.05) is 0 Å². The van der Waals surface area contributed by atoms with E-state index in [1.807, 2.05) is 6.92 Å². The van der Waals surface area contributed by atoms with Gasteiger partial charge in [-0.3, -0.25) is 0 Å². The lowest BCUT2D eigenvalue weighted by atomic mass is 10.0. The fourth-order valence-electron chi connectivity index (χ4n) is 1.31. The molecule has 0 unspecified atom stereocenters. The van der Waals surface area contributed by atoms with Crippen molar-refractivity contribution >= 4 is 0 Å². The summed E-state index contributed by atoms with van der Waals surface area (Å²) in [5.74, 6) is -0.559. The molecule has 0 spiro atoms. The molecule has 0 aliphatic rings. The molecule has 0 saturated carbocycles. The minimum Gasteiger partial charge on any atom is -0.207 e. The molecule has 1 aromatic rings. The summed E-state index contributed by atoms with van der Waals surface area (Å²) in [6, 6.07) is 2.55. The Balaban J connectivity index is 2.95. The van der Waals surface area contributed by atoms with E-state index in [0.29, 0.717) is 12.8 Å². The number of hydrogen-bond acceptors (Lipinski definition) is 0. The Hall–Kier alpha value is -1.06. The number of rotatable bonds is 3. The first-order valence-electron chi connectivity index (χ1n) is 4.80. The predicted molar refractivity (Wildman–Crippen MR) is 50.0 cm³/mol. The molecular weight excluding hydrogens is 208 g/mol. The van der Waals surface area contributed by atoms with E-state index in [1.54, 1.807) is 0 Å². The average molecular weight is 220 g/mol. The monoisotopic (exact) mass is 220 g/mol. The summed E-state index contributed by atoms with van der Waals surface area (Å²) in [7, 11) is 0. The van der Waals surface area contributed by atoms with Gasteiger partial charge in [0.2, 0.25) is 0 Å². The van der Waals surface area contributed by atoms with Crippen LogP contribution in [0.4, 0.5) is 17.6 Å². The summed E-state index contributed by atoms with van der Waals surface area (Å²) in [5, 5.41) is 0. The third kappa shape index (κ3) is 3.22. The van der Waals surface area contributed by atoms with E-state index in [2.05, 4.69) is 0 Å². The number of halogens is 4. The molecule has 0 bridgehead atoms. The SMILES string of the molecule is CCCCc1cc(C(F)(F)F)ccc1F. The molecule has 0 atom stereocenters. The summed E-state index contributed by atoms with van der Waals surface area (Å²) in [4.78, 5) is 0. The van der Waals surface area contributed by atoms with Crippen LogP contribution in [0.3, 0.4) is 0 Å². The van der Waals surface area contributed by atoms with Crippen molar-refractivity contribution in [2.24, 2.45) is 0 Å². The van der Waals surface area contributed by atoms with E-state index >= 15 is 0 Å². The van der Waals surface area contributed by atoms with Crippen LogP contribution < -0.4 is 0 Å². The molecule has 4 heteroatoms. The largest absolute Gasteiger partial charge is 0.416 e. The third-order valence-electron chi connectivity index (χ3n) is 2.17. The van der Waals surface area contributed by atoms with E-state index in [-0.39, 0.29) is 5.56 Å². The van der Waals surface area contributed by atoms with Crippen LogP contribution >= 0.6 is 0 Å². The molecule has 0 aliphatic carbocycles. The molecule has 15 heavy (non-hydrogen) atoms. The zero-order chi connectivity index (χ0) is 11.5. The van der Waals surface area contributed by atoms with E-state index < -0.39 is 17.6 Å². The molecule has 0 radical (unpaired) electrons. The Morgan fingerprint density at radius 3 is 2.40 bits per heavy atom. The fourth-order valence-corrected chi connectivity index (χ4v) is 1.31. The van der Waals surface area contributed by atoms with Crippen molar-refractivity contribution in [1.82, 2.24) is 0 Å². The number of aryl methyl sites for hydroxylation is 1. The second kappa shape index (κ2) is 4.64. The smallest absolute Gasteiger partial charge is 0.207 e. The summed E-state index contributed by atoms with van der Waals surface area (Å²) in [5.41, 5.74) is -0.637. The van der Waals surface area contributed by atoms with Crippen LogP contribution in [0, 0.1) is 5.82 Å². The Kier molecular flexibility index (Phi) is 3.72. The maximum atomic E-state index is 13.1. The van der Waals surface area contributed by atoms with E-state index in [0.717, 1.165) is 24.6 Å². The summed E-state index contributed by atoms with van der Waals surface area (Å²) < 4.78 is 50.0. The first-order valence-corrected chi connectivity index (χ1v) is 4.80. The standard InChI is InChI=1S/C11H12F4/c1-2-3-4-8-7-9(11(13,14)15)5-6-10(8)12/h5-7H,2-4H2,1H3. The van der Waals surface area contributed by atoms with Gasteiger partial charge in [-0.2, -0.15) is 13.2 Å². The van der Waals surface area contributed by atoms with Gasteiger partial charge in [0.25, 0.3) is 0 Å². The minimum absolute atomic E-state index is 0.145. The lowest BCUT2D eigenvalue weighted by molar-refractivity contribution is -0.137. The van der Waals surface area contributed by atoms with Crippen molar-refractivity contribution in [1.29, 1.82) is 0 Å². The molecule has 0 nitrogen and oxygen atoms in total. The number of benzene rings is 1. The highest BCUT2D eigenvalue weighted by molar-refractivity contribution is 5.27. The van der Waals surface area contributed by atoms with E-state index in [1.165, 1.54) is 0 Å². The second-order valence-corrected chi connectivity index (χ2v) is 3.41. The molecule has 0 heterocycles. The zero-order valence-electron chi connectivity index (χ0n) is 8.37. The minimum atomic E-state index is -4.39. The van der Waals surface area contributed by atoms with Gasteiger partial charge in [0.1, 0.15) is 5.82 Å². The van der Waals surface area contributed by atoms with Crippen LogP contribution in [-0.2, 0) is 12.6 Å². The van der Waals surface area contributed by atoms with Crippen LogP contribution in [0.2, 0.25) is 0 Å². The highest BCUT2D eigenvalue weighted by Gasteiger charge is 2.30. The Bertz CT molecular complexity index is 328. The number of unbranched alkanes of at least 4 members (excludes halogenated alkanes) is 1. The van der Waals surface area contributed by atoms with Crippen molar-refractivity contribution in [3.8, 4) is 0 Å². The van der Waals surface area contributed by atoms with Crippen molar-refractivity contribution in [3.05, 3.63) is 35.1 Å². The van der Waals surface area contributed by atoms with Crippen molar-refractivity contribution < 1.29 is 17.6 Å². The van der Waals surface area contributed by atoms with Gasteiger partial charge in [-0.15, -0.1) is 0 Å². The molecule has 0 fully saturated rings. The maximum absolute atomic E-state index is 13.1. The Morgan fingerprint density at radius 1 is 1.20 bits per heavy atom. The molecule has 0 N–H and O–H groups in total. The summed E-state index contributed by atoms with van der Waals surface area (Å²) >= 11 is 0. The number of hydrogen-bond donors (Lipinski definition) is 0. The lowest BCUT2D eigenvalue weighted by Crippen LogP contribution is -2.06. The Labute approximate surface area is 85.9 Å². The molecule has 0 amide bonds. The van der Waals surface area contributed by atoms with Gasteiger partial charge in [-0.25, -0.2) is 4.39 Å². The van der Waals surface area contributed by atoms with Crippen LogP contribution in [0.1, 0.15) is 30.9 Å². The lowest BCUT2D eigenvalue weighted by Gasteiger charge is -2.09. The van der Waals surface area contributed by atoms with Crippen LogP contribution in [-0.4, -0.2) is 0 Å². The molecule has 1 rings (SSSR count). The number of alkyl halides is 3. The van der Waals surface area contributed by atoms with Crippen LogP contribution in [0.5, 0.6) is 0 Å². The van der Waals surface area contributed by atoms with Crippen molar-refractivity contribution in [2.45, 2.75) is 32.4 Å². The van der Waals surface area contributed by atoms with Gasteiger partial charge in [-0.05, 0) is 36.6 Å². The van der Waals surface area contributed by atoms with Gasteiger partial charge in [0.15, 0.2) is 0 Å². The average Bonchev–Trinajstić information content (AvgIpc) is 2.15. The first-order chi connectivity index (χ1) is 6.95. The van der Waals surface area contributed by atoms with Gasteiger partial charge >= 0.3 is 6.18 Å². The fraction of sp³-hybridized carbons (Fsp3) is 0.455. The summed E-state index contributed by atoms with van der Waals surface area (Å²) in [6.45, 7) is 1.91. The highest BCUT2D eigenvalue weighted by Crippen LogP contribution is 2.30. The Morgan fingerprint density at radius 2 is 1.87 bits per heavy atom.